The molecule has 1 heterocycles. The van der Waals surface area contributed by atoms with E-state index in [0.29, 0.717) is 0 Å². The van der Waals surface area contributed by atoms with Crippen molar-refractivity contribution in [2.75, 3.05) is 13.1 Å². The van der Waals surface area contributed by atoms with Gasteiger partial charge in [-0.15, -0.1) is 6.42 Å². The fraction of sp³-hybridized carbons (Fsp3) is 0.0928. The van der Waals surface area contributed by atoms with Crippen LogP contribution in [0.15, 0.2) is 12.2 Å². The highest BCUT2D eigenvalue weighted by molar-refractivity contribution is 6.12. The number of hydrogen-bond acceptors (Lipinski definition) is 5. The maximum absolute atomic E-state index is 11.5. The second-order valence-electron chi connectivity index (χ2n) is 15.9. The van der Waals surface area contributed by atoms with Gasteiger partial charge in [0.2, 0.25) is 5.91 Å². The quantitative estimate of drug-likeness (QED) is 0.243. The Bertz CT molecular complexity index is 6530. The standard InChI is InChI=1S/C83H4.C14H20N2O5/c1-3-5-7-9-11-13-15-17-19-21-23-25-27-29-31-33-35-37-39-41-43-45-47-49-51-53-55-57-59-61-63-65-67-69-71-73-75-77-79-81-83-82-80-78-76-74-72-70-68-66-64-62-60-58-56-54-52-50-48-46-44-42-40-38-36-34-32-30-28-26-24-22-20-18-16-14-12-10-8-6-4-2;1-14(2,3)21-13(20)7-4-10(17)15-8-9-16-11(18)5-6-12(16)19/h1H,2H3;5-6H,4,7-9H2,1-3H3,(H,15,17). The smallest absolute Gasteiger partial charge is 0.306 e. The average Bonchev–Trinajstić information content (AvgIpc) is 1.74. The van der Waals surface area contributed by atoms with Gasteiger partial charge in [-0.2, -0.15) is 0 Å². The number of rotatable bonds is 6. The van der Waals surface area contributed by atoms with E-state index in [0.717, 1.165) is 4.90 Å². The molecule has 0 aromatic rings. The average molecular weight is 1300 g/mol. The zero-order valence-electron chi connectivity index (χ0n) is 54.5. The lowest BCUT2D eigenvalue weighted by atomic mass is 10.2. The van der Waals surface area contributed by atoms with E-state index in [1.54, 1.807) is 27.7 Å². The molecule has 0 aromatic carbocycles. The summed E-state index contributed by atoms with van der Waals surface area (Å²) in [6, 6.07) is 0. The van der Waals surface area contributed by atoms with Crippen LogP contribution in [0.1, 0.15) is 40.5 Å². The van der Waals surface area contributed by atoms with Gasteiger partial charge in [-0.05, 0) is 122 Å². The summed E-state index contributed by atoms with van der Waals surface area (Å²) in [6.07, 6.45) is 7.33. The summed E-state index contributed by atoms with van der Waals surface area (Å²) in [6.45, 7) is 7.22. The third-order valence-corrected chi connectivity index (χ3v) is 7.61. The van der Waals surface area contributed by atoms with Crippen LogP contribution in [0.5, 0.6) is 0 Å². The first kappa shape index (κ1) is 83.8. The van der Waals surface area contributed by atoms with Crippen LogP contribution >= 0.6 is 0 Å². The Hall–Kier alpha value is -20.2. The number of terminal acetylenes is 1. The van der Waals surface area contributed by atoms with Gasteiger partial charge in [0.15, 0.2) is 0 Å². The summed E-state index contributed by atoms with van der Waals surface area (Å²) in [4.78, 5) is 46.5. The van der Waals surface area contributed by atoms with Crippen LogP contribution in [0.3, 0.4) is 0 Å². The number of amides is 3. The summed E-state index contributed by atoms with van der Waals surface area (Å²) in [5.41, 5.74) is -0.572. The second-order valence-corrected chi connectivity index (χ2v) is 15.9. The van der Waals surface area contributed by atoms with Gasteiger partial charge >= 0.3 is 5.97 Å². The molecule has 0 atom stereocenters. The predicted molar refractivity (Wildman–Crippen MR) is 399 cm³/mol. The Labute approximate surface area is 611 Å². The minimum absolute atomic E-state index is 0.00770. The molecule has 1 aliphatic rings. The molecule has 0 aliphatic carbocycles. The Morgan fingerprint density at radius 1 is 0.298 bits per heavy atom. The molecule has 0 unspecified atom stereocenters. The first-order valence-electron chi connectivity index (χ1n) is 27.5. The molecule has 7 nitrogen and oxygen atoms in total. The van der Waals surface area contributed by atoms with E-state index < -0.39 is 11.6 Å². The van der Waals surface area contributed by atoms with Gasteiger partial charge < -0.3 is 10.1 Å². The van der Waals surface area contributed by atoms with Gasteiger partial charge in [0.1, 0.15) is 5.60 Å². The van der Waals surface area contributed by atoms with Gasteiger partial charge in [-0.25, -0.2) is 0 Å². The van der Waals surface area contributed by atoms with Crippen LogP contribution in [0.4, 0.5) is 0 Å². The highest BCUT2D eigenvalue weighted by Gasteiger charge is 2.23. The molecule has 0 spiro atoms. The van der Waals surface area contributed by atoms with Crippen molar-refractivity contribution in [1.29, 1.82) is 0 Å². The summed E-state index contributed by atoms with van der Waals surface area (Å²) >= 11 is 0. The molecule has 7 heteroatoms. The number of esters is 1. The Morgan fingerprint density at radius 2 is 0.462 bits per heavy atom. The molecule has 0 aromatic heterocycles. The molecule has 0 fully saturated rings. The summed E-state index contributed by atoms with van der Waals surface area (Å²) < 4.78 is 5.08. The summed E-state index contributed by atoms with van der Waals surface area (Å²) in [5, 5.41) is 2.55. The number of nitrogens with one attached hydrogen (secondary N) is 1. The Morgan fingerprint density at radius 3 is 0.615 bits per heavy atom. The zero-order chi connectivity index (χ0) is 75.3. The molecule has 0 radical (unpaired) electrons. The van der Waals surface area contributed by atoms with Gasteiger partial charge in [0.25, 0.3) is 11.8 Å². The van der Waals surface area contributed by atoms with Crippen LogP contribution in [-0.2, 0) is 23.9 Å². The summed E-state index contributed by atoms with van der Waals surface area (Å²) in [7, 11) is 0. The minimum Gasteiger partial charge on any atom is -0.460 e. The number of nitrogens with zero attached hydrogens (tertiary/aromatic N) is 1. The number of carbonyl (C=O) groups excluding carboxylic acids is 4. The van der Waals surface area contributed by atoms with Crippen molar-refractivity contribution in [3.8, 4) is 486 Å². The van der Waals surface area contributed by atoms with E-state index in [9.17, 15) is 19.2 Å². The molecule has 0 saturated heterocycles. The van der Waals surface area contributed by atoms with Crippen molar-refractivity contribution < 1.29 is 23.9 Å². The molecule has 0 bridgehead atoms. The number of ether oxygens (including phenoxy) is 1. The number of imide groups is 1. The van der Waals surface area contributed by atoms with Crippen LogP contribution in [-0.4, -0.2) is 47.3 Å². The van der Waals surface area contributed by atoms with Crippen molar-refractivity contribution in [3.05, 3.63) is 12.2 Å². The molecule has 0 saturated carbocycles. The molecule has 3 amide bonds. The van der Waals surface area contributed by atoms with Crippen molar-refractivity contribution in [1.82, 2.24) is 10.2 Å². The van der Waals surface area contributed by atoms with Gasteiger partial charge in [0, 0.05) is 411 Å². The monoisotopic (exact) mass is 1300 g/mol. The topological polar surface area (TPSA) is 92.8 Å². The maximum atomic E-state index is 11.5. The fourth-order valence-corrected chi connectivity index (χ4v) is 4.16. The lowest BCUT2D eigenvalue weighted by molar-refractivity contribution is -0.155. The maximum Gasteiger partial charge on any atom is 0.306 e. The van der Waals surface area contributed by atoms with E-state index >= 15 is 0 Å². The van der Waals surface area contributed by atoms with Crippen molar-refractivity contribution in [2.45, 2.75) is 46.1 Å². The Balaban J connectivity index is 0.00000428. The summed E-state index contributed by atoms with van der Waals surface area (Å²) in [5.74, 6) is 200. The molecule has 1 aliphatic heterocycles. The first-order valence-corrected chi connectivity index (χ1v) is 27.5. The van der Waals surface area contributed by atoms with Gasteiger partial charge in [-0.3, -0.25) is 24.1 Å². The molecule has 1 rings (SSSR count). The van der Waals surface area contributed by atoms with Crippen LogP contribution in [0, 0.1) is 486 Å². The van der Waals surface area contributed by atoms with Crippen LogP contribution in [0.25, 0.3) is 0 Å². The normalized spacial score (nSPS) is 6.09. The van der Waals surface area contributed by atoms with Crippen molar-refractivity contribution in [3.63, 3.8) is 0 Å². The molecule has 452 valence electrons. The third kappa shape index (κ3) is 67.7. The lowest BCUT2D eigenvalue weighted by Gasteiger charge is -2.19. The highest BCUT2D eigenvalue weighted by atomic mass is 16.6. The van der Waals surface area contributed by atoms with E-state index in [2.05, 4.69) is 485 Å². The van der Waals surface area contributed by atoms with Gasteiger partial charge in [0.05, 0.1) is 6.42 Å². The zero-order valence-corrected chi connectivity index (χ0v) is 54.5. The van der Waals surface area contributed by atoms with E-state index in [4.69, 9.17) is 11.2 Å². The van der Waals surface area contributed by atoms with E-state index in [1.807, 2.05) is 0 Å². The SMILES string of the molecule is C#CC#CC#CC#CC#CC#CC#CC#CC#CC#CC#CC#CC#CC#CC#CC#CC#CC#CC#CC#CC#CC#CC#CC#CC#CC#CC#CC#CC#CC#CC#CC#CC#CC#CC#CC#CC#CC#CC#CC#CC#CC.CC(C)(C)OC(=O)CCC(=O)NCCN1C(=O)C=CC1=O. The van der Waals surface area contributed by atoms with Crippen LogP contribution < -0.4 is 5.32 Å². The first-order chi connectivity index (χ1) is 51.1. The van der Waals surface area contributed by atoms with Gasteiger partial charge in [-0.1, -0.05) is 5.92 Å². The largest absolute Gasteiger partial charge is 0.460 e. The second kappa shape index (κ2) is 68.7. The Kier molecular flexibility index (Phi) is 55.3. The molecule has 1 N–H and O–H groups in total. The predicted octanol–water partition coefficient (Wildman–Crippen LogP) is 0.925. The molecular weight excluding hydrogens is 1270 g/mol. The number of hydrogen-bond donors (Lipinski definition) is 1. The van der Waals surface area contributed by atoms with E-state index in [1.165, 1.54) is 12.2 Å². The lowest BCUT2D eigenvalue weighted by Crippen LogP contribution is -2.38. The highest BCUT2D eigenvalue weighted by Crippen LogP contribution is 2.09. The van der Waals surface area contributed by atoms with E-state index in [-0.39, 0.29) is 43.7 Å². The molecular formula is C97H24N2O5. The fourth-order valence-electron chi connectivity index (χ4n) is 4.16. The van der Waals surface area contributed by atoms with Crippen molar-refractivity contribution in [2.24, 2.45) is 0 Å². The van der Waals surface area contributed by atoms with Crippen molar-refractivity contribution >= 4 is 23.7 Å². The molecule has 104 heavy (non-hydrogen) atoms. The van der Waals surface area contributed by atoms with Crippen LogP contribution in [0.2, 0.25) is 0 Å². The third-order valence-electron chi connectivity index (χ3n) is 7.61. The minimum atomic E-state index is -0.572. The number of carbonyl (C=O) groups is 4.